The van der Waals surface area contributed by atoms with Gasteiger partial charge in [-0.3, -0.25) is 4.98 Å². The smallest absolute Gasteiger partial charge is 0.0718 e. The van der Waals surface area contributed by atoms with Gasteiger partial charge in [0.15, 0.2) is 0 Å². The highest BCUT2D eigenvalue weighted by atomic mass is 16.5. The van der Waals surface area contributed by atoms with Crippen molar-refractivity contribution in [1.82, 2.24) is 10.3 Å². The molecule has 0 aliphatic heterocycles. The van der Waals surface area contributed by atoms with E-state index in [9.17, 15) is 0 Å². The van der Waals surface area contributed by atoms with Crippen molar-refractivity contribution in [2.75, 3.05) is 13.2 Å². The average molecular weight is 284 g/mol. The topological polar surface area (TPSA) is 34.1 Å². The van der Waals surface area contributed by atoms with Crippen LogP contribution < -0.4 is 5.32 Å². The minimum atomic E-state index is 0.113. The molecule has 2 aromatic rings. The highest BCUT2D eigenvalue weighted by Crippen LogP contribution is 2.15. The van der Waals surface area contributed by atoms with Crippen molar-refractivity contribution in [3.63, 3.8) is 0 Å². The van der Waals surface area contributed by atoms with Crippen LogP contribution in [0.2, 0.25) is 0 Å². The van der Waals surface area contributed by atoms with Crippen LogP contribution in [0.25, 0.3) is 0 Å². The Labute approximate surface area is 127 Å². The molecular formula is C18H24N2O. The third-order valence-corrected chi connectivity index (χ3v) is 3.29. The number of aromatic nitrogens is 1. The molecule has 1 aromatic heterocycles. The Balaban J connectivity index is 1.67. The van der Waals surface area contributed by atoms with Crippen molar-refractivity contribution in [3.05, 3.63) is 66.0 Å². The maximum Gasteiger partial charge on any atom is 0.0718 e. The lowest BCUT2D eigenvalue weighted by Crippen LogP contribution is -2.32. The molecule has 3 nitrogen and oxygen atoms in total. The first kappa shape index (κ1) is 15.7. The summed E-state index contributed by atoms with van der Waals surface area (Å²) in [6.45, 7) is 7.64. The van der Waals surface area contributed by atoms with Gasteiger partial charge < -0.3 is 10.1 Å². The van der Waals surface area contributed by atoms with E-state index in [2.05, 4.69) is 48.4 Å². The van der Waals surface area contributed by atoms with Crippen molar-refractivity contribution in [2.45, 2.75) is 27.0 Å². The Morgan fingerprint density at radius 1 is 1.00 bits per heavy atom. The number of rotatable bonds is 8. The molecule has 0 unspecified atom stereocenters. The van der Waals surface area contributed by atoms with Crippen molar-refractivity contribution in [2.24, 2.45) is 5.41 Å². The Hall–Kier alpha value is -1.71. The van der Waals surface area contributed by atoms with Crippen molar-refractivity contribution >= 4 is 0 Å². The lowest BCUT2D eigenvalue weighted by molar-refractivity contribution is 0.0511. The maximum atomic E-state index is 5.82. The molecule has 0 fully saturated rings. The van der Waals surface area contributed by atoms with Gasteiger partial charge in [0.2, 0.25) is 0 Å². The van der Waals surface area contributed by atoms with E-state index in [4.69, 9.17) is 4.74 Å². The predicted octanol–water partition coefficient (Wildman–Crippen LogP) is 3.41. The van der Waals surface area contributed by atoms with Crippen LogP contribution >= 0.6 is 0 Å². The summed E-state index contributed by atoms with van der Waals surface area (Å²) < 4.78 is 5.82. The van der Waals surface area contributed by atoms with Crippen molar-refractivity contribution in [1.29, 1.82) is 0 Å². The molecule has 3 heteroatoms. The zero-order valence-electron chi connectivity index (χ0n) is 12.9. The fourth-order valence-corrected chi connectivity index (χ4v) is 2.12. The maximum absolute atomic E-state index is 5.82. The number of ether oxygens (including phenoxy) is 1. The summed E-state index contributed by atoms with van der Waals surface area (Å²) in [6, 6.07) is 14.4. The monoisotopic (exact) mass is 284 g/mol. The minimum Gasteiger partial charge on any atom is -0.376 e. The molecule has 0 amide bonds. The fourth-order valence-electron chi connectivity index (χ4n) is 2.12. The minimum absolute atomic E-state index is 0.113. The first-order valence-electron chi connectivity index (χ1n) is 7.37. The summed E-state index contributed by atoms with van der Waals surface area (Å²) in [5, 5.41) is 3.50. The normalized spacial score (nSPS) is 11.5. The summed E-state index contributed by atoms with van der Waals surface area (Å²) in [6.07, 6.45) is 3.59. The van der Waals surface area contributed by atoms with Gasteiger partial charge in [-0.1, -0.05) is 44.2 Å². The molecule has 0 saturated carbocycles. The average Bonchev–Trinajstić information content (AvgIpc) is 2.49. The number of nitrogens with zero attached hydrogens (tertiary/aromatic N) is 1. The van der Waals surface area contributed by atoms with E-state index >= 15 is 0 Å². The third-order valence-electron chi connectivity index (χ3n) is 3.29. The van der Waals surface area contributed by atoms with Crippen molar-refractivity contribution < 1.29 is 4.74 Å². The van der Waals surface area contributed by atoms with E-state index in [1.165, 1.54) is 5.56 Å². The number of nitrogens with one attached hydrogen (secondary N) is 1. The SMILES string of the molecule is CC(C)(CNCc1ccccc1)COCc1ccncc1. The van der Waals surface area contributed by atoms with E-state index in [-0.39, 0.29) is 5.41 Å². The third kappa shape index (κ3) is 6.06. The molecule has 0 bridgehead atoms. The summed E-state index contributed by atoms with van der Waals surface area (Å²) in [7, 11) is 0. The van der Waals surface area contributed by atoms with E-state index in [0.717, 1.165) is 25.3 Å². The lowest BCUT2D eigenvalue weighted by Gasteiger charge is -2.25. The largest absolute Gasteiger partial charge is 0.376 e. The van der Waals surface area contributed by atoms with Crippen LogP contribution in [0.15, 0.2) is 54.9 Å². The van der Waals surface area contributed by atoms with Gasteiger partial charge in [0.05, 0.1) is 13.2 Å². The molecule has 0 aliphatic rings. The van der Waals surface area contributed by atoms with Gasteiger partial charge in [-0.2, -0.15) is 0 Å². The first-order chi connectivity index (χ1) is 10.2. The van der Waals surface area contributed by atoms with Gasteiger partial charge in [0.25, 0.3) is 0 Å². The molecule has 0 atom stereocenters. The van der Waals surface area contributed by atoms with E-state index in [0.29, 0.717) is 6.61 Å². The Kier molecular flexibility index (Phi) is 5.90. The van der Waals surface area contributed by atoms with E-state index < -0.39 is 0 Å². The molecule has 1 heterocycles. The van der Waals surface area contributed by atoms with Gasteiger partial charge >= 0.3 is 0 Å². The summed E-state index contributed by atoms with van der Waals surface area (Å²) in [5.74, 6) is 0. The summed E-state index contributed by atoms with van der Waals surface area (Å²) >= 11 is 0. The van der Waals surface area contributed by atoms with Crippen LogP contribution in [-0.2, 0) is 17.9 Å². The second kappa shape index (κ2) is 7.91. The van der Waals surface area contributed by atoms with Crippen LogP contribution in [0.3, 0.4) is 0 Å². The van der Waals surface area contributed by atoms with Gasteiger partial charge in [0.1, 0.15) is 0 Å². The van der Waals surface area contributed by atoms with Gasteiger partial charge in [-0.05, 0) is 23.3 Å². The summed E-state index contributed by atoms with van der Waals surface area (Å²) in [4.78, 5) is 4.01. The Bertz CT molecular complexity index is 464. The molecule has 112 valence electrons. The molecule has 0 aliphatic carbocycles. The standard InChI is InChI=1S/C18H24N2O/c1-18(2,14-20-12-16-6-4-3-5-7-16)15-21-13-17-8-10-19-11-9-17/h3-11,20H,12-15H2,1-2H3. The second-order valence-electron chi connectivity index (χ2n) is 6.10. The molecule has 0 radical (unpaired) electrons. The number of pyridine rings is 1. The molecule has 0 spiro atoms. The van der Waals surface area contributed by atoms with Crippen LogP contribution in [0.1, 0.15) is 25.0 Å². The van der Waals surface area contributed by atoms with E-state index in [1.807, 2.05) is 18.2 Å². The molecule has 1 N–H and O–H groups in total. The molecule has 0 saturated heterocycles. The fraction of sp³-hybridized carbons (Fsp3) is 0.389. The van der Waals surface area contributed by atoms with Gasteiger partial charge in [0, 0.05) is 30.9 Å². The first-order valence-corrected chi connectivity index (χ1v) is 7.37. The quantitative estimate of drug-likeness (QED) is 0.806. The van der Waals surface area contributed by atoms with Crippen LogP contribution in [0, 0.1) is 5.41 Å². The van der Waals surface area contributed by atoms with Crippen molar-refractivity contribution in [3.8, 4) is 0 Å². The Morgan fingerprint density at radius 3 is 2.43 bits per heavy atom. The number of hydrogen-bond acceptors (Lipinski definition) is 3. The van der Waals surface area contributed by atoms with Gasteiger partial charge in [-0.25, -0.2) is 0 Å². The second-order valence-corrected chi connectivity index (χ2v) is 6.10. The number of benzene rings is 1. The van der Waals surface area contributed by atoms with E-state index in [1.54, 1.807) is 12.4 Å². The Morgan fingerprint density at radius 2 is 1.71 bits per heavy atom. The highest BCUT2D eigenvalue weighted by Gasteiger charge is 2.17. The zero-order chi connectivity index (χ0) is 15.0. The molecule has 21 heavy (non-hydrogen) atoms. The zero-order valence-corrected chi connectivity index (χ0v) is 12.9. The number of hydrogen-bond donors (Lipinski definition) is 1. The van der Waals surface area contributed by atoms with Gasteiger partial charge in [-0.15, -0.1) is 0 Å². The molecule has 1 aromatic carbocycles. The highest BCUT2D eigenvalue weighted by molar-refractivity contribution is 5.14. The lowest BCUT2D eigenvalue weighted by atomic mass is 9.95. The molecule has 2 rings (SSSR count). The predicted molar refractivity (Wildman–Crippen MR) is 85.8 cm³/mol. The van der Waals surface area contributed by atoms with Crippen LogP contribution in [0.5, 0.6) is 0 Å². The summed E-state index contributed by atoms with van der Waals surface area (Å²) in [5.41, 5.74) is 2.59. The molecular weight excluding hydrogens is 260 g/mol. The van der Waals surface area contributed by atoms with Crippen LogP contribution in [-0.4, -0.2) is 18.1 Å². The van der Waals surface area contributed by atoms with Crippen LogP contribution in [0.4, 0.5) is 0 Å².